The highest BCUT2D eigenvalue weighted by Crippen LogP contribution is 2.22. The van der Waals surface area contributed by atoms with Crippen molar-refractivity contribution in [1.29, 1.82) is 0 Å². The first-order valence-corrected chi connectivity index (χ1v) is 7.69. The normalized spacial score (nSPS) is 16.3. The average Bonchev–Trinajstić information content (AvgIpc) is 3.09. The Morgan fingerprint density at radius 1 is 1.09 bits per heavy atom. The molecule has 1 aliphatic rings. The van der Waals surface area contributed by atoms with Gasteiger partial charge < -0.3 is 5.32 Å². The highest BCUT2D eigenvalue weighted by molar-refractivity contribution is 6.31. The Labute approximate surface area is 139 Å². The van der Waals surface area contributed by atoms with Crippen molar-refractivity contribution in [2.75, 3.05) is 0 Å². The summed E-state index contributed by atoms with van der Waals surface area (Å²) in [6.07, 6.45) is -0.0471. The second-order valence-corrected chi connectivity index (χ2v) is 5.72. The van der Waals surface area contributed by atoms with Gasteiger partial charge in [-0.2, -0.15) is 11.1 Å². The van der Waals surface area contributed by atoms with E-state index in [0.717, 1.165) is 11.1 Å². The molecule has 0 saturated carbocycles. The fourth-order valence-corrected chi connectivity index (χ4v) is 2.73. The number of amides is 1. The van der Waals surface area contributed by atoms with Crippen molar-refractivity contribution < 1.29 is 4.79 Å². The third-order valence-corrected chi connectivity index (χ3v) is 4.07. The minimum absolute atomic E-state index is 0.0471. The monoisotopic (exact) mass is 331 g/mol. The average molecular weight is 332 g/mol. The Balaban J connectivity index is 1.67. The summed E-state index contributed by atoms with van der Waals surface area (Å²) >= 11 is 6.17. The fourth-order valence-electron chi connectivity index (χ4n) is 2.43. The maximum Gasteiger partial charge on any atom is 0.251 e. The Morgan fingerprint density at radius 3 is 2.39 bits per heavy atom. The summed E-state index contributed by atoms with van der Waals surface area (Å²) < 4.78 is 0. The van der Waals surface area contributed by atoms with Crippen LogP contribution in [-0.2, 0) is 0 Å². The summed E-state index contributed by atoms with van der Waals surface area (Å²) in [5, 5.41) is 3.61. The molecule has 1 atom stereocenters. The SMILES string of the molecule is CC(NC(=O)c1ccc(C2NNNN2)cc1)c1ccccc1Cl. The molecule has 2 aromatic rings. The predicted octanol–water partition coefficient (Wildman–Crippen LogP) is 1.95. The number of rotatable bonds is 4. The zero-order valence-corrected chi connectivity index (χ0v) is 13.3. The molecule has 0 aliphatic carbocycles. The molecule has 0 bridgehead atoms. The lowest BCUT2D eigenvalue weighted by Gasteiger charge is -2.16. The van der Waals surface area contributed by atoms with Crippen molar-refractivity contribution in [2.45, 2.75) is 19.1 Å². The van der Waals surface area contributed by atoms with Crippen LogP contribution >= 0.6 is 11.6 Å². The van der Waals surface area contributed by atoms with Crippen LogP contribution in [-0.4, -0.2) is 5.91 Å². The van der Waals surface area contributed by atoms with Gasteiger partial charge in [-0.3, -0.25) is 4.79 Å². The van der Waals surface area contributed by atoms with Crippen LogP contribution in [0.15, 0.2) is 48.5 Å². The molecule has 3 rings (SSSR count). The first-order valence-electron chi connectivity index (χ1n) is 7.31. The summed E-state index contributed by atoms with van der Waals surface area (Å²) in [6.45, 7) is 1.91. The van der Waals surface area contributed by atoms with Gasteiger partial charge in [-0.1, -0.05) is 41.9 Å². The molecule has 1 aliphatic heterocycles. The second kappa shape index (κ2) is 7.08. The molecule has 0 aromatic heterocycles. The van der Waals surface area contributed by atoms with Crippen LogP contribution in [0.2, 0.25) is 5.02 Å². The van der Waals surface area contributed by atoms with E-state index in [9.17, 15) is 4.79 Å². The molecule has 23 heavy (non-hydrogen) atoms. The van der Waals surface area contributed by atoms with Crippen LogP contribution in [0.4, 0.5) is 0 Å². The van der Waals surface area contributed by atoms with Crippen molar-refractivity contribution in [3.05, 3.63) is 70.2 Å². The summed E-state index contributed by atoms with van der Waals surface area (Å²) in [6, 6.07) is 14.7. The Morgan fingerprint density at radius 2 is 1.74 bits per heavy atom. The van der Waals surface area contributed by atoms with E-state index in [1.54, 1.807) is 12.1 Å². The zero-order valence-electron chi connectivity index (χ0n) is 12.6. The molecule has 0 spiro atoms. The number of nitrogens with one attached hydrogen (secondary N) is 5. The third kappa shape index (κ3) is 3.69. The molecular formula is C16H18ClN5O. The van der Waals surface area contributed by atoms with Crippen LogP contribution in [0.5, 0.6) is 0 Å². The van der Waals surface area contributed by atoms with Crippen LogP contribution < -0.4 is 27.2 Å². The molecule has 7 heteroatoms. The number of hydrazine groups is 3. The number of benzene rings is 2. The van der Waals surface area contributed by atoms with Crippen LogP contribution in [0.25, 0.3) is 0 Å². The van der Waals surface area contributed by atoms with Crippen LogP contribution in [0, 0.1) is 0 Å². The van der Waals surface area contributed by atoms with Gasteiger partial charge in [0.2, 0.25) is 0 Å². The van der Waals surface area contributed by atoms with E-state index in [1.165, 1.54) is 0 Å². The molecule has 1 fully saturated rings. The topological polar surface area (TPSA) is 77.2 Å². The maximum atomic E-state index is 12.4. The standard InChI is InChI=1S/C16H18ClN5O/c1-10(13-4-2-3-5-14(13)17)18-16(23)12-8-6-11(7-9-12)15-19-21-22-20-15/h2-10,15,19-22H,1H3,(H,18,23). The van der Waals surface area contributed by atoms with Crippen molar-refractivity contribution in [3.63, 3.8) is 0 Å². The van der Waals surface area contributed by atoms with Gasteiger partial charge >= 0.3 is 0 Å². The summed E-state index contributed by atoms with van der Waals surface area (Å²) in [4.78, 5) is 12.4. The number of hydrogen-bond acceptors (Lipinski definition) is 5. The molecule has 1 unspecified atom stereocenters. The van der Waals surface area contributed by atoms with Gasteiger partial charge in [0.15, 0.2) is 0 Å². The van der Waals surface area contributed by atoms with Crippen LogP contribution in [0.1, 0.15) is 40.6 Å². The van der Waals surface area contributed by atoms with Crippen molar-refractivity contribution in [2.24, 2.45) is 0 Å². The van der Waals surface area contributed by atoms with E-state index in [1.807, 2.05) is 43.3 Å². The maximum absolute atomic E-state index is 12.4. The van der Waals surface area contributed by atoms with E-state index in [2.05, 4.69) is 27.2 Å². The molecule has 0 radical (unpaired) electrons. The number of hydrogen-bond donors (Lipinski definition) is 5. The zero-order chi connectivity index (χ0) is 16.2. The molecule has 1 saturated heterocycles. The van der Waals surface area contributed by atoms with E-state index in [4.69, 9.17) is 11.6 Å². The van der Waals surface area contributed by atoms with Gasteiger partial charge in [0.1, 0.15) is 6.17 Å². The lowest BCUT2D eigenvalue weighted by molar-refractivity contribution is 0.0940. The predicted molar refractivity (Wildman–Crippen MR) is 89.1 cm³/mol. The Kier molecular flexibility index (Phi) is 4.90. The van der Waals surface area contributed by atoms with Gasteiger partial charge in [0.05, 0.1) is 6.04 Å². The smallest absolute Gasteiger partial charge is 0.251 e. The minimum atomic E-state index is -0.164. The summed E-state index contributed by atoms with van der Waals surface area (Å²) in [5.41, 5.74) is 14.0. The lowest BCUT2D eigenvalue weighted by atomic mass is 10.1. The summed E-state index contributed by atoms with van der Waals surface area (Å²) in [5.74, 6) is -0.132. The minimum Gasteiger partial charge on any atom is -0.345 e. The molecule has 5 N–H and O–H groups in total. The van der Waals surface area contributed by atoms with Gasteiger partial charge in [0, 0.05) is 10.6 Å². The number of halogens is 1. The van der Waals surface area contributed by atoms with Gasteiger partial charge in [-0.25, -0.2) is 10.9 Å². The highest BCUT2D eigenvalue weighted by Gasteiger charge is 2.16. The first kappa shape index (κ1) is 15.9. The fraction of sp³-hybridized carbons (Fsp3) is 0.188. The van der Waals surface area contributed by atoms with Crippen molar-refractivity contribution >= 4 is 17.5 Å². The third-order valence-electron chi connectivity index (χ3n) is 3.72. The van der Waals surface area contributed by atoms with Gasteiger partial charge in [-0.15, -0.1) is 0 Å². The quantitative estimate of drug-likeness (QED) is 0.592. The number of carbonyl (C=O) groups excluding carboxylic acids is 1. The molecule has 1 heterocycles. The lowest BCUT2D eigenvalue weighted by Crippen LogP contribution is -2.33. The van der Waals surface area contributed by atoms with E-state index < -0.39 is 0 Å². The van der Waals surface area contributed by atoms with Crippen LogP contribution in [0.3, 0.4) is 0 Å². The molecule has 1 amide bonds. The van der Waals surface area contributed by atoms with E-state index >= 15 is 0 Å². The Hall–Kier alpha value is -1.96. The van der Waals surface area contributed by atoms with Gasteiger partial charge in [0.25, 0.3) is 5.91 Å². The second-order valence-electron chi connectivity index (χ2n) is 5.31. The largest absolute Gasteiger partial charge is 0.345 e. The Bertz CT molecular complexity index is 685. The highest BCUT2D eigenvalue weighted by atomic mass is 35.5. The van der Waals surface area contributed by atoms with Crippen molar-refractivity contribution in [1.82, 2.24) is 27.2 Å². The molecular weight excluding hydrogens is 314 g/mol. The van der Waals surface area contributed by atoms with Gasteiger partial charge in [-0.05, 0) is 36.2 Å². The van der Waals surface area contributed by atoms with Crippen molar-refractivity contribution in [3.8, 4) is 0 Å². The van der Waals surface area contributed by atoms with E-state index in [0.29, 0.717) is 10.6 Å². The van der Waals surface area contributed by atoms with E-state index in [-0.39, 0.29) is 18.1 Å². The summed E-state index contributed by atoms with van der Waals surface area (Å²) in [7, 11) is 0. The number of carbonyl (C=O) groups is 1. The first-order chi connectivity index (χ1) is 11.1. The molecule has 6 nitrogen and oxygen atoms in total. The molecule has 120 valence electrons. The molecule has 2 aromatic carbocycles.